The van der Waals surface area contributed by atoms with Crippen LogP contribution in [0.15, 0.2) is 23.1 Å². The summed E-state index contributed by atoms with van der Waals surface area (Å²) < 4.78 is 50.5. The molecule has 4 bridgehead atoms. The van der Waals surface area contributed by atoms with Crippen molar-refractivity contribution >= 4 is 15.9 Å². The van der Waals surface area contributed by atoms with E-state index in [0.717, 1.165) is 31.4 Å². The molecule has 4 aliphatic rings. The molecule has 1 amide bonds. The van der Waals surface area contributed by atoms with Crippen molar-refractivity contribution < 1.29 is 22.0 Å². The first-order valence-electron chi connectivity index (χ1n) is 9.00. The lowest BCUT2D eigenvalue weighted by atomic mass is 9.49. The van der Waals surface area contributed by atoms with Crippen LogP contribution in [0, 0.1) is 34.8 Å². The predicted octanol–water partition coefficient (Wildman–Crippen LogP) is 2.88. The zero-order valence-corrected chi connectivity index (χ0v) is 15.1. The maximum atomic E-state index is 13.2. The van der Waals surface area contributed by atoms with Gasteiger partial charge in [0.2, 0.25) is 5.91 Å². The molecule has 4 aliphatic carbocycles. The Morgan fingerprint density at radius 3 is 2.15 bits per heavy atom. The Kier molecular flexibility index (Phi) is 4.30. The molecule has 0 unspecified atom stereocenters. The molecule has 26 heavy (non-hydrogen) atoms. The normalized spacial score (nSPS) is 32.6. The molecule has 1 aromatic rings. The summed E-state index contributed by atoms with van der Waals surface area (Å²) in [6, 6.07) is 2.27. The van der Waals surface area contributed by atoms with Gasteiger partial charge in [0.15, 0.2) is 11.6 Å². The fourth-order valence-electron chi connectivity index (χ4n) is 5.72. The molecule has 8 heteroatoms. The first-order valence-corrected chi connectivity index (χ1v) is 10.5. The van der Waals surface area contributed by atoms with E-state index in [2.05, 4.69) is 5.43 Å². The van der Waals surface area contributed by atoms with Gasteiger partial charge in [0, 0.05) is 6.42 Å². The lowest BCUT2D eigenvalue weighted by Crippen LogP contribution is -2.50. The highest BCUT2D eigenvalue weighted by molar-refractivity contribution is 7.89. The van der Waals surface area contributed by atoms with E-state index in [1.165, 1.54) is 19.3 Å². The number of rotatable bonds is 5. The first kappa shape index (κ1) is 17.9. The largest absolute Gasteiger partial charge is 0.278 e. The quantitative estimate of drug-likeness (QED) is 0.767. The van der Waals surface area contributed by atoms with Crippen molar-refractivity contribution in [2.45, 2.75) is 49.8 Å². The molecule has 0 aliphatic heterocycles. The summed E-state index contributed by atoms with van der Waals surface area (Å²) in [5.41, 5.74) is 2.23. The molecule has 0 heterocycles. The monoisotopic (exact) mass is 384 g/mol. The van der Waals surface area contributed by atoms with Gasteiger partial charge in [-0.05, 0) is 79.9 Å². The molecule has 4 fully saturated rings. The van der Waals surface area contributed by atoms with Crippen molar-refractivity contribution in [3.63, 3.8) is 0 Å². The second-order valence-corrected chi connectivity index (χ2v) is 10.0. The van der Waals surface area contributed by atoms with E-state index < -0.39 is 26.6 Å². The van der Waals surface area contributed by atoms with Crippen LogP contribution in [0.4, 0.5) is 8.78 Å². The zero-order chi connectivity index (χ0) is 18.5. The Morgan fingerprint density at radius 2 is 1.62 bits per heavy atom. The van der Waals surface area contributed by atoms with E-state index in [1.807, 2.05) is 4.83 Å². The van der Waals surface area contributed by atoms with Crippen molar-refractivity contribution in [2.75, 3.05) is 0 Å². The minimum absolute atomic E-state index is 0.00768. The number of carbonyl (C=O) groups is 1. The molecule has 0 atom stereocenters. The van der Waals surface area contributed by atoms with Gasteiger partial charge in [0.1, 0.15) is 0 Å². The van der Waals surface area contributed by atoms with Gasteiger partial charge in [-0.15, -0.1) is 4.83 Å². The average molecular weight is 384 g/mol. The molecule has 1 aromatic carbocycles. The third kappa shape index (κ3) is 3.36. The third-order valence-corrected chi connectivity index (χ3v) is 7.47. The lowest BCUT2D eigenvalue weighted by molar-refractivity contribution is -0.129. The standard InChI is InChI=1S/C18H22F2N2O3S/c19-15-2-1-14(6-16(15)20)26(24,25)22-21-17(23)10-18-7-11-3-12(8-18)5-13(4-11)9-18/h1-2,6,11-13,22H,3-5,7-10H2,(H,21,23). The fourth-order valence-corrected chi connectivity index (χ4v) is 6.59. The van der Waals surface area contributed by atoms with E-state index in [1.54, 1.807) is 0 Å². The van der Waals surface area contributed by atoms with Crippen molar-refractivity contribution in [1.82, 2.24) is 10.3 Å². The Labute approximate surface area is 151 Å². The fraction of sp³-hybridized carbons (Fsp3) is 0.611. The van der Waals surface area contributed by atoms with Crippen LogP contribution in [0.5, 0.6) is 0 Å². The van der Waals surface area contributed by atoms with Crippen molar-refractivity contribution in [3.8, 4) is 0 Å². The zero-order valence-electron chi connectivity index (χ0n) is 14.3. The van der Waals surface area contributed by atoms with Gasteiger partial charge in [0.25, 0.3) is 10.0 Å². The summed E-state index contributed by atoms with van der Waals surface area (Å²) in [4.78, 5) is 13.9. The summed E-state index contributed by atoms with van der Waals surface area (Å²) in [5, 5.41) is 0. The van der Waals surface area contributed by atoms with E-state index >= 15 is 0 Å². The highest BCUT2D eigenvalue weighted by Crippen LogP contribution is 2.61. The SMILES string of the molecule is O=C(CC12CC3CC(CC(C3)C1)C2)NNS(=O)(=O)c1ccc(F)c(F)c1. The van der Waals surface area contributed by atoms with Crippen molar-refractivity contribution in [3.05, 3.63) is 29.8 Å². The highest BCUT2D eigenvalue weighted by atomic mass is 32.2. The molecule has 4 saturated carbocycles. The van der Waals surface area contributed by atoms with Crippen molar-refractivity contribution in [1.29, 1.82) is 0 Å². The topological polar surface area (TPSA) is 75.3 Å². The van der Waals surface area contributed by atoms with Crippen molar-refractivity contribution in [2.24, 2.45) is 23.2 Å². The molecule has 0 spiro atoms. The van der Waals surface area contributed by atoms with Crippen LogP contribution in [0.25, 0.3) is 0 Å². The van der Waals surface area contributed by atoms with Gasteiger partial charge in [-0.25, -0.2) is 17.2 Å². The van der Waals surface area contributed by atoms with E-state index in [9.17, 15) is 22.0 Å². The summed E-state index contributed by atoms with van der Waals surface area (Å²) in [7, 11) is -4.15. The van der Waals surface area contributed by atoms with Crippen LogP contribution in [-0.2, 0) is 14.8 Å². The predicted molar refractivity (Wildman–Crippen MR) is 90.0 cm³/mol. The lowest BCUT2D eigenvalue weighted by Gasteiger charge is -2.56. The molecule has 2 N–H and O–H groups in total. The molecular formula is C18H22F2N2O3S. The van der Waals surface area contributed by atoms with Gasteiger partial charge in [0.05, 0.1) is 4.90 Å². The third-order valence-electron chi connectivity index (χ3n) is 6.23. The minimum atomic E-state index is -4.15. The molecule has 0 aromatic heterocycles. The number of carbonyl (C=O) groups excluding carboxylic acids is 1. The van der Waals surface area contributed by atoms with Gasteiger partial charge in [-0.2, -0.15) is 0 Å². The van der Waals surface area contributed by atoms with Gasteiger partial charge in [-0.1, -0.05) is 0 Å². The number of hydrazine groups is 1. The molecule has 142 valence electrons. The number of hydrogen-bond acceptors (Lipinski definition) is 3. The molecule has 5 rings (SSSR count). The number of nitrogens with one attached hydrogen (secondary N) is 2. The summed E-state index contributed by atoms with van der Waals surface area (Å²) in [5.74, 6) is -0.658. The maximum absolute atomic E-state index is 13.2. The first-order chi connectivity index (χ1) is 12.2. The summed E-state index contributed by atoms with van der Waals surface area (Å²) in [6.07, 6.45) is 7.24. The maximum Gasteiger partial charge on any atom is 0.257 e. The van der Waals surface area contributed by atoms with Crippen LogP contribution in [0.1, 0.15) is 44.9 Å². The van der Waals surface area contributed by atoms with Crippen LogP contribution in [0.3, 0.4) is 0 Å². The minimum Gasteiger partial charge on any atom is -0.278 e. The Morgan fingerprint density at radius 1 is 1.04 bits per heavy atom. The number of hydrogen-bond donors (Lipinski definition) is 2. The van der Waals surface area contributed by atoms with Crippen LogP contribution >= 0.6 is 0 Å². The van der Waals surface area contributed by atoms with Gasteiger partial charge < -0.3 is 0 Å². The number of benzene rings is 1. The van der Waals surface area contributed by atoms with E-state index in [-0.39, 0.29) is 11.3 Å². The second-order valence-electron chi connectivity index (χ2n) is 8.32. The highest BCUT2D eigenvalue weighted by Gasteiger charge is 2.51. The van der Waals surface area contributed by atoms with Gasteiger partial charge >= 0.3 is 0 Å². The second kappa shape index (κ2) is 6.27. The van der Waals surface area contributed by atoms with E-state index in [0.29, 0.717) is 30.2 Å². The summed E-state index contributed by atoms with van der Waals surface area (Å²) in [6.45, 7) is 0. The average Bonchev–Trinajstić information content (AvgIpc) is 2.54. The number of amides is 1. The smallest absolute Gasteiger partial charge is 0.257 e. The molecule has 0 saturated heterocycles. The van der Waals surface area contributed by atoms with Crippen LogP contribution in [0.2, 0.25) is 0 Å². The Balaban J connectivity index is 1.39. The van der Waals surface area contributed by atoms with Gasteiger partial charge in [-0.3, -0.25) is 10.2 Å². The van der Waals surface area contributed by atoms with E-state index in [4.69, 9.17) is 0 Å². The Hall–Kier alpha value is -1.54. The number of halogens is 2. The molecule has 0 radical (unpaired) electrons. The number of sulfonamides is 1. The molecular weight excluding hydrogens is 362 g/mol. The summed E-state index contributed by atoms with van der Waals surface area (Å²) >= 11 is 0. The molecule has 5 nitrogen and oxygen atoms in total. The van der Waals surface area contributed by atoms with Crippen LogP contribution in [-0.4, -0.2) is 14.3 Å². The van der Waals surface area contributed by atoms with Crippen LogP contribution < -0.4 is 10.3 Å². The Bertz CT molecular complexity index is 806.